The zero-order chi connectivity index (χ0) is 22.1. The van der Waals surface area contributed by atoms with Crippen molar-refractivity contribution in [2.45, 2.75) is 18.9 Å². The van der Waals surface area contributed by atoms with Crippen LogP contribution in [0.2, 0.25) is 0 Å². The third kappa shape index (κ3) is 6.56. The molecule has 0 aliphatic heterocycles. The fraction of sp³-hybridized carbons (Fsp3) is 0.250. The molecule has 0 aliphatic carbocycles. The highest BCUT2D eigenvalue weighted by Gasteiger charge is 2.17. The number of carbonyl (C=O) groups excluding carboxylic acids is 3. The van der Waals surface area contributed by atoms with E-state index in [4.69, 9.17) is 4.74 Å². The number of rotatable bonds is 8. The van der Waals surface area contributed by atoms with Crippen molar-refractivity contribution in [2.75, 3.05) is 24.2 Å². The maximum atomic E-state index is 12.9. The first-order valence-corrected chi connectivity index (χ1v) is 9.86. The van der Waals surface area contributed by atoms with Gasteiger partial charge in [-0.15, -0.1) is 0 Å². The summed E-state index contributed by atoms with van der Waals surface area (Å²) in [5.74, 6) is -1.98. The molecule has 8 nitrogen and oxygen atoms in total. The van der Waals surface area contributed by atoms with Crippen LogP contribution >= 0.6 is 11.8 Å². The first kappa shape index (κ1) is 22.8. The van der Waals surface area contributed by atoms with Crippen molar-refractivity contribution in [3.63, 3.8) is 0 Å². The molecular weight excluding hydrogens is 411 g/mol. The summed E-state index contributed by atoms with van der Waals surface area (Å²) < 4.78 is 17.8. The maximum absolute atomic E-state index is 12.9. The van der Waals surface area contributed by atoms with Crippen LogP contribution in [0.25, 0.3) is 0 Å². The molecule has 0 fully saturated rings. The molecule has 0 saturated carbocycles. The van der Waals surface area contributed by atoms with Crippen LogP contribution < -0.4 is 10.6 Å². The summed E-state index contributed by atoms with van der Waals surface area (Å²) in [7, 11) is 0. The van der Waals surface area contributed by atoms with E-state index in [1.54, 1.807) is 13.8 Å². The molecule has 0 saturated heterocycles. The fourth-order valence-electron chi connectivity index (χ4n) is 2.29. The van der Waals surface area contributed by atoms with Gasteiger partial charge in [-0.1, -0.05) is 11.8 Å². The molecule has 0 aliphatic rings. The van der Waals surface area contributed by atoms with Gasteiger partial charge in [0.1, 0.15) is 16.9 Å². The number of esters is 1. The zero-order valence-corrected chi connectivity index (χ0v) is 17.1. The van der Waals surface area contributed by atoms with Gasteiger partial charge in [-0.3, -0.25) is 9.59 Å². The van der Waals surface area contributed by atoms with Gasteiger partial charge in [-0.05, 0) is 44.2 Å². The molecule has 2 amide bonds. The third-order valence-electron chi connectivity index (χ3n) is 3.71. The van der Waals surface area contributed by atoms with E-state index in [1.165, 1.54) is 30.3 Å². The molecule has 1 heterocycles. The SMILES string of the molecule is CCOC(=O)c1cc(C#N)c(SCC(=O)NCC(=O)Nc2ccc(F)cc2)nc1C. The number of nitriles is 1. The van der Waals surface area contributed by atoms with Gasteiger partial charge < -0.3 is 15.4 Å². The lowest BCUT2D eigenvalue weighted by atomic mass is 10.1. The lowest BCUT2D eigenvalue weighted by Crippen LogP contribution is -2.33. The molecule has 10 heteroatoms. The summed E-state index contributed by atoms with van der Waals surface area (Å²) in [6, 6.07) is 8.56. The van der Waals surface area contributed by atoms with E-state index in [0.29, 0.717) is 16.4 Å². The number of carbonyl (C=O) groups is 3. The van der Waals surface area contributed by atoms with Gasteiger partial charge >= 0.3 is 5.97 Å². The van der Waals surface area contributed by atoms with E-state index in [2.05, 4.69) is 15.6 Å². The van der Waals surface area contributed by atoms with Crippen molar-refractivity contribution in [3.05, 3.63) is 53.0 Å². The second kappa shape index (κ2) is 10.9. The van der Waals surface area contributed by atoms with Crippen molar-refractivity contribution >= 4 is 35.2 Å². The van der Waals surface area contributed by atoms with E-state index >= 15 is 0 Å². The Hall–Kier alpha value is -3.45. The number of nitrogens with zero attached hydrogens (tertiary/aromatic N) is 2. The van der Waals surface area contributed by atoms with Crippen molar-refractivity contribution < 1.29 is 23.5 Å². The Bertz CT molecular complexity index is 990. The number of aromatic nitrogens is 1. The van der Waals surface area contributed by atoms with Gasteiger partial charge in [-0.25, -0.2) is 14.2 Å². The monoisotopic (exact) mass is 430 g/mol. The zero-order valence-electron chi connectivity index (χ0n) is 16.3. The van der Waals surface area contributed by atoms with Gasteiger partial charge in [0, 0.05) is 5.69 Å². The minimum atomic E-state index is -0.569. The molecule has 2 rings (SSSR count). The van der Waals surface area contributed by atoms with E-state index in [1.807, 2.05) is 6.07 Å². The Labute approximate surface area is 176 Å². The second-order valence-electron chi connectivity index (χ2n) is 5.93. The summed E-state index contributed by atoms with van der Waals surface area (Å²) in [6.45, 7) is 3.22. The molecule has 0 bridgehead atoms. The van der Waals surface area contributed by atoms with Crippen molar-refractivity contribution in [1.82, 2.24) is 10.3 Å². The fourth-order valence-corrected chi connectivity index (χ4v) is 3.12. The highest BCUT2D eigenvalue weighted by Crippen LogP contribution is 2.23. The molecule has 2 N–H and O–H groups in total. The summed E-state index contributed by atoms with van der Waals surface area (Å²) in [5, 5.41) is 14.6. The minimum absolute atomic E-state index is 0.0797. The summed E-state index contributed by atoms with van der Waals surface area (Å²) in [4.78, 5) is 40.0. The lowest BCUT2D eigenvalue weighted by molar-refractivity contribution is -0.122. The highest BCUT2D eigenvalue weighted by molar-refractivity contribution is 8.00. The molecule has 156 valence electrons. The van der Waals surface area contributed by atoms with Crippen LogP contribution in [0.5, 0.6) is 0 Å². The molecule has 30 heavy (non-hydrogen) atoms. The predicted octanol–water partition coefficient (Wildman–Crippen LogP) is 2.42. The van der Waals surface area contributed by atoms with Crippen LogP contribution in [0, 0.1) is 24.1 Å². The number of aryl methyl sites for hydroxylation is 1. The second-order valence-corrected chi connectivity index (χ2v) is 6.89. The molecule has 1 aromatic heterocycles. The van der Waals surface area contributed by atoms with E-state index in [0.717, 1.165) is 11.8 Å². The van der Waals surface area contributed by atoms with Crippen LogP contribution in [0.1, 0.15) is 28.5 Å². The molecular formula is C20H19FN4O4S. The number of hydrogen-bond acceptors (Lipinski definition) is 7. The summed E-state index contributed by atoms with van der Waals surface area (Å²) >= 11 is 1.01. The Kier molecular flexibility index (Phi) is 8.31. The number of halogens is 1. The lowest BCUT2D eigenvalue weighted by Gasteiger charge is -2.10. The number of pyridine rings is 1. The molecule has 0 atom stereocenters. The van der Waals surface area contributed by atoms with Crippen LogP contribution in [-0.4, -0.2) is 41.7 Å². The molecule has 0 spiro atoms. The first-order valence-electron chi connectivity index (χ1n) is 8.87. The highest BCUT2D eigenvalue weighted by atomic mass is 32.2. The number of benzene rings is 1. The van der Waals surface area contributed by atoms with E-state index in [-0.39, 0.29) is 30.0 Å². The average Bonchev–Trinajstić information content (AvgIpc) is 2.72. The summed E-state index contributed by atoms with van der Waals surface area (Å²) in [5.41, 5.74) is 1.13. The number of thioether (sulfide) groups is 1. The minimum Gasteiger partial charge on any atom is -0.462 e. The molecule has 0 radical (unpaired) electrons. The molecule has 0 unspecified atom stereocenters. The number of anilines is 1. The van der Waals surface area contributed by atoms with Gasteiger partial charge in [0.15, 0.2) is 0 Å². The number of ether oxygens (including phenoxy) is 1. The third-order valence-corrected chi connectivity index (χ3v) is 4.70. The van der Waals surface area contributed by atoms with Gasteiger partial charge in [0.25, 0.3) is 0 Å². The van der Waals surface area contributed by atoms with Gasteiger partial charge in [0.05, 0.1) is 35.7 Å². The number of nitrogens with one attached hydrogen (secondary N) is 2. The van der Waals surface area contributed by atoms with Crippen LogP contribution in [0.3, 0.4) is 0 Å². The van der Waals surface area contributed by atoms with Crippen molar-refractivity contribution in [3.8, 4) is 6.07 Å². The topological polar surface area (TPSA) is 121 Å². The van der Waals surface area contributed by atoms with Gasteiger partial charge in [-0.2, -0.15) is 5.26 Å². The Balaban J connectivity index is 1.90. The van der Waals surface area contributed by atoms with Crippen molar-refractivity contribution in [2.24, 2.45) is 0 Å². The van der Waals surface area contributed by atoms with Crippen LogP contribution in [0.15, 0.2) is 35.4 Å². The Morgan fingerprint density at radius 2 is 1.93 bits per heavy atom. The normalized spacial score (nSPS) is 10.1. The quantitative estimate of drug-likeness (QED) is 0.487. The predicted molar refractivity (Wildman–Crippen MR) is 108 cm³/mol. The Morgan fingerprint density at radius 3 is 2.57 bits per heavy atom. The van der Waals surface area contributed by atoms with Crippen LogP contribution in [-0.2, 0) is 14.3 Å². The maximum Gasteiger partial charge on any atom is 0.340 e. The number of amides is 2. The van der Waals surface area contributed by atoms with E-state index in [9.17, 15) is 24.0 Å². The Morgan fingerprint density at radius 1 is 1.23 bits per heavy atom. The first-order chi connectivity index (χ1) is 14.3. The number of hydrogen-bond donors (Lipinski definition) is 2. The van der Waals surface area contributed by atoms with Crippen LogP contribution in [0.4, 0.5) is 10.1 Å². The average molecular weight is 430 g/mol. The van der Waals surface area contributed by atoms with Gasteiger partial charge in [0.2, 0.25) is 11.8 Å². The summed E-state index contributed by atoms with van der Waals surface area (Å²) in [6.07, 6.45) is 0. The standard InChI is InChI=1S/C20H19FN4O4S/c1-3-29-20(28)16-8-13(9-22)19(24-12(16)2)30-11-18(27)23-10-17(26)25-15-6-4-14(21)5-7-15/h4-8H,3,10-11H2,1-2H3,(H,23,27)(H,25,26). The smallest absolute Gasteiger partial charge is 0.340 e. The van der Waals surface area contributed by atoms with Crippen molar-refractivity contribution in [1.29, 1.82) is 5.26 Å². The largest absolute Gasteiger partial charge is 0.462 e. The molecule has 1 aromatic carbocycles. The molecule has 2 aromatic rings. The van der Waals surface area contributed by atoms with E-state index < -0.39 is 23.6 Å².